The Morgan fingerprint density at radius 3 is 2.56 bits per heavy atom. The summed E-state index contributed by atoms with van der Waals surface area (Å²) >= 11 is 0. The molecule has 1 rings (SSSR count). The van der Waals surface area contributed by atoms with Crippen molar-refractivity contribution >= 4 is 5.91 Å². The number of nitrogens with zero attached hydrogens (tertiary/aromatic N) is 2. The Labute approximate surface area is 108 Å². The van der Waals surface area contributed by atoms with Gasteiger partial charge in [0, 0.05) is 32.3 Å². The average molecular weight is 252 g/mol. The maximum atomic E-state index is 12.3. The van der Waals surface area contributed by atoms with E-state index in [4.69, 9.17) is 4.74 Å². The van der Waals surface area contributed by atoms with Crippen molar-refractivity contribution in [2.75, 3.05) is 26.8 Å². The van der Waals surface area contributed by atoms with Gasteiger partial charge in [-0.25, -0.2) is 0 Å². The van der Waals surface area contributed by atoms with Gasteiger partial charge in [-0.3, -0.25) is 4.79 Å². The Balaban J connectivity index is 2.77. The van der Waals surface area contributed by atoms with Crippen molar-refractivity contribution in [3.8, 4) is 0 Å². The van der Waals surface area contributed by atoms with E-state index in [1.807, 2.05) is 0 Å². The lowest BCUT2D eigenvalue weighted by Crippen LogP contribution is -2.37. The van der Waals surface area contributed by atoms with Crippen LogP contribution in [0.25, 0.3) is 0 Å². The highest BCUT2D eigenvalue weighted by molar-refractivity contribution is 5.93. The first kappa shape index (κ1) is 14.4. The van der Waals surface area contributed by atoms with Crippen LogP contribution >= 0.6 is 0 Å². The third kappa shape index (κ3) is 4.33. The van der Waals surface area contributed by atoms with E-state index in [2.05, 4.69) is 13.8 Å². The fraction of sp³-hybridized carbons (Fsp3) is 0.538. The lowest BCUT2D eigenvalue weighted by atomic mass is 10.1. The first-order chi connectivity index (χ1) is 8.54. The van der Waals surface area contributed by atoms with E-state index in [-0.39, 0.29) is 5.91 Å². The number of ether oxygens (including phenoxy) is 1. The van der Waals surface area contributed by atoms with Crippen molar-refractivity contribution in [2.45, 2.75) is 13.8 Å². The Hall–Kier alpha value is -1.62. The van der Waals surface area contributed by atoms with Gasteiger partial charge in [-0.15, -0.1) is 0 Å². The van der Waals surface area contributed by atoms with Crippen molar-refractivity contribution in [1.82, 2.24) is 4.90 Å². The summed E-state index contributed by atoms with van der Waals surface area (Å²) in [5.74, 6) is 0.320. The fourth-order valence-corrected chi connectivity index (χ4v) is 1.66. The molecule has 5 heteroatoms. The van der Waals surface area contributed by atoms with Gasteiger partial charge in [-0.1, -0.05) is 13.8 Å². The zero-order valence-corrected chi connectivity index (χ0v) is 11.1. The molecule has 1 aromatic heterocycles. The van der Waals surface area contributed by atoms with Gasteiger partial charge in [0.2, 0.25) is 0 Å². The van der Waals surface area contributed by atoms with Gasteiger partial charge in [0.05, 0.1) is 12.2 Å². The van der Waals surface area contributed by atoms with E-state index >= 15 is 0 Å². The van der Waals surface area contributed by atoms with Gasteiger partial charge in [0.1, 0.15) is 0 Å². The molecular weight excluding hydrogens is 232 g/mol. The minimum atomic E-state index is -0.0682. The quantitative estimate of drug-likeness (QED) is 0.562. The van der Waals surface area contributed by atoms with Gasteiger partial charge >= 0.3 is 0 Å². The van der Waals surface area contributed by atoms with Crippen LogP contribution in [0.2, 0.25) is 0 Å². The molecular formula is C13H20N2O3. The largest absolute Gasteiger partial charge is 0.619 e. The van der Waals surface area contributed by atoms with Crippen LogP contribution in [-0.4, -0.2) is 37.6 Å². The number of methoxy groups -OCH3 is 1. The van der Waals surface area contributed by atoms with E-state index in [0.29, 0.717) is 35.9 Å². The first-order valence-electron chi connectivity index (χ1n) is 6.01. The molecule has 0 radical (unpaired) electrons. The summed E-state index contributed by atoms with van der Waals surface area (Å²) in [4.78, 5) is 14.0. The molecule has 0 spiro atoms. The molecule has 0 bridgehead atoms. The summed E-state index contributed by atoms with van der Waals surface area (Å²) in [5.41, 5.74) is 0.527. The Bertz CT molecular complexity index is 376. The Morgan fingerprint density at radius 2 is 2.06 bits per heavy atom. The topological polar surface area (TPSA) is 56.5 Å². The van der Waals surface area contributed by atoms with Crippen LogP contribution in [0, 0.1) is 11.1 Å². The second-order valence-electron chi connectivity index (χ2n) is 4.58. The minimum absolute atomic E-state index is 0.0682. The van der Waals surface area contributed by atoms with E-state index in [9.17, 15) is 10.0 Å². The van der Waals surface area contributed by atoms with Crippen LogP contribution in [0.1, 0.15) is 24.2 Å². The van der Waals surface area contributed by atoms with Crippen molar-refractivity contribution in [2.24, 2.45) is 5.92 Å². The van der Waals surface area contributed by atoms with E-state index in [1.54, 1.807) is 12.0 Å². The molecule has 0 saturated carbocycles. The molecule has 0 atom stereocenters. The van der Waals surface area contributed by atoms with Crippen molar-refractivity contribution in [3.05, 3.63) is 35.3 Å². The smallest absolute Gasteiger partial charge is 0.254 e. The highest BCUT2D eigenvalue weighted by Crippen LogP contribution is 2.06. The van der Waals surface area contributed by atoms with E-state index in [1.165, 1.54) is 24.5 Å². The summed E-state index contributed by atoms with van der Waals surface area (Å²) in [6.07, 6.45) is 2.66. The van der Waals surface area contributed by atoms with Crippen molar-refractivity contribution in [3.63, 3.8) is 0 Å². The third-order valence-electron chi connectivity index (χ3n) is 2.49. The monoisotopic (exact) mass is 252 g/mol. The van der Waals surface area contributed by atoms with Crippen molar-refractivity contribution in [1.29, 1.82) is 0 Å². The summed E-state index contributed by atoms with van der Waals surface area (Å²) in [5, 5.41) is 10.9. The van der Waals surface area contributed by atoms with Crippen LogP contribution in [0.15, 0.2) is 24.5 Å². The van der Waals surface area contributed by atoms with Crippen LogP contribution in [0.5, 0.6) is 0 Å². The SMILES string of the molecule is COCCN(CC(C)C)C(=O)c1cc[n+]([O-])cc1. The molecule has 1 aromatic rings. The molecule has 0 N–H and O–H groups in total. The molecule has 0 unspecified atom stereocenters. The van der Waals surface area contributed by atoms with Gasteiger partial charge in [-0.05, 0) is 5.92 Å². The maximum Gasteiger partial charge on any atom is 0.254 e. The Kier molecular flexibility index (Phi) is 5.58. The lowest BCUT2D eigenvalue weighted by molar-refractivity contribution is -0.605. The number of rotatable bonds is 6. The summed E-state index contributed by atoms with van der Waals surface area (Å²) in [6.45, 7) is 5.86. The molecule has 1 heterocycles. The highest BCUT2D eigenvalue weighted by Gasteiger charge is 2.17. The number of amides is 1. The highest BCUT2D eigenvalue weighted by atomic mass is 16.5. The van der Waals surface area contributed by atoms with Gasteiger partial charge in [0.25, 0.3) is 5.91 Å². The number of carbonyl (C=O) groups excluding carboxylic acids is 1. The maximum absolute atomic E-state index is 12.3. The third-order valence-corrected chi connectivity index (χ3v) is 2.49. The lowest BCUT2D eigenvalue weighted by Gasteiger charge is -2.24. The number of carbonyl (C=O) groups is 1. The predicted octanol–water partition coefficient (Wildman–Crippen LogP) is 1.06. The van der Waals surface area contributed by atoms with Crippen LogP contribution in [0.3, 0.4) is 0 Å². The molecule has 18 heavy (non-hydrogen) atoms. The first-order valence-corrected chi connectivity index (χ1v) is 6.01. The standard InChI is InChI=1S/C13H20N2O3/c1-11(2)10-14(8-9-18-3)13(16)12-4-6-15(17)7-5-12/h4-7,11H,8-10H2,1-3H3. The number of pyridine rings is 1. The molecule has 0 saturated heterocycles. The average Bonchev–Trinajstić information content (AvgIpc) is 2.34. The molecule has 100 valence electrons. The van der Waals surface area contributed by atoms with Crippen molar-refractivity contribution < 1.29 is 14.3 Å². The second kappa shape index (κ2) is 6.96. The zero-order valence-electron chi connectivity index (χ0n) is 11.1. The molecule has 1 amide bonds. The zero-order chi connectivity index (χ0) is 13.5. The normalized spacial score (nSPS) is 10.7. The van der Waals surface area contributed by atoms with E-state index in [0.717, 1.165) is 0 Å². The second-order valence-corrected chi connectivity index (χ2v) is 4.58. The van der Waals surface area contributed by atoms with Crippen LogP contribution < -0.4 is 4.73 Å². The van der Waals surface area contributed by atoms with Gasteiger partial charge in [0.15, 0.2) is 12.4 Å². The number of aromatic nitrogens is 1. The Morgan fingerprint density at radius 1 is 1.44 bits per heavy atom. The number of hydrogen-bond acceptors (Lipinski definition) is 3. The van der Waals surface area contributed by atoms with Gasteiger partial charge < -0.3 is 14.8 Å². The van der Waals surface area contributed by atoms with Crippen LogP contribution in [-0.2, 0) is 4.74 Å². The fourth-order valence-electron chi connectivity index (χ4n) is 1.66. The van der Waals surface area contributed by atoms with Gasteiger partial charge in [-0.2, -0.15) is 4.73 Å². The summed E-state index contributed by atoms with van der Waals surface area (Å²) in [7, 11) is 1.61. The van der Waals surface area contributed by atoms with E-state index < -0.39 is 0 Å². The minimum Gasteiger partial charge on any atom is -0.619 e. The molecule has 0 aliphatic rings. The molecule has 0 aliphatic carbocycles. The number of hydrogen-bond donors (Lipinski definition) is 0. The van der Waals surface area contributed by atoms with Crippen LogP contribution in [0.4, 0.5) is 0 Å². The summed E-state index contributed by atoms with van der Waals surface area (Å²) in [6, 6.07) is 3.07. The predicted molar refractivity (Wildman–Crippen MR) is 68.0 cm³/mol. The molecule has 0 aromatic carbocycles. The molecule has 5 nitrogen and oxygen atoms in total. The molecule has 0 aliphatic heterocycles. The summed E-state index contributed by atoms with van der Waals surface area (Å²) < 4.78 is 5.68. The molecule has 0 fully saturated rings.